The number of carboxylic acids is 4. The molecular formula is C70H89N13O22S2. The summed E-state index contributed by atoms with van der Waals surface area (Å²) in [6, 6.07) is 1.46. The Labute approximate surface area is 622 Å². The number of amides is 10. The van der Waals surface area contributed by atoms with Crippen molar-refractivity contribution in [2.24, 2.45) is 10.8 Å². The third-order valence-corrected chi connectivity index (χ3v) is 19.2. The van der Waals surface area contributed by atoms with Gasteiger partial charge < -0.3 is 92.7 Å². The number of unbranched alkanes of at least 4 members (excludes halogenated alkanes) is 2. The molecule has 2 aromatic carbocycles. The zero-order chi connectivity index (χ0) is 78.3. The van der Waals surface area contributed by atoms with Gasteiger partial charge in [-0.15, -0.1) is 0 Å². The SMILES string of the molecule is CSCCC/C=N/N(CC(=O)N1CCC[C@@H]1C(=O)N[C@H](CCC(=O)O)C(=O)N[C@H](CCC(=O)O)C(N)=O)C(=O)[C@@H](C)NC(=O)[C@H](NC(=O)[C@H]1CCCN1C(=O)[C@@H](CCC(=O)O)NC(=O)[C@H]1CCCN1C(=O)CCCCNC(=S)Nc1ccc(C(=O)O)c(-c2c3ccc(=O)cc-3oc3cc(O)ccc23)c1)[C@@H](C)O. The molecule has 37 heteroatoms. The summed E-state index contributed by atoms with van der Waals surface area (Å²) in [4.78, 5) is 202. The van der Waals surface area contributed by atoms with Crippen LogP contribution in [-0.4, -0.2) is 244 Å². The number of phenols is 1. The number of anilines is 1. The van der Waals surface area contributed by atoms with Crippen LogP contribution in [-0.2, 0) is 62.3 Å². The monoisotopic (exact) mass is 1530 g/mol. The van der Waals surface area contributed by atoms with E-state index in [1.54, 1.807) is 23.9 Å². The van der Waals surface area contributed by atoms with Gasteiger partial charge in [-0.3, -0.25) is 67.1 Å². The predicted octanol–water partition coefficient (Wildman–Crippen LogP) is 1.26. The number of carbonyl (C=O) groups excluding carboxylic acids is 10. The number of aliphatic hydroxyl groups is 1. The second kappa shape index (κ2) is 39.5. The smallest absolute Gasteiger partial charge is 0.336 e. The fourth-order valence-electron chi connectivity index (χ4n) is 12.8. The summed E-state index contributed by atoms with van der Waals surface area (Å²) in [5.74, 6) is -13.2. The van der Waals surface area contributed by atoms with E-state index in [2.05, 4.69) is 42.3 Å². The van der Waals surface area contributed by atoms with Crippen LogP contribution in [0.5, 0.6) is 5.75 Å². The molecule has 5 aliphatic rings. The summed E-state index contributed by atoms with van der Waals surface area (Å²) in [5, 5.41) is 83.6. The number of aliphatic hydroxyl groups excluding tert-OH is 1. The standard InChI is InChI=1S/C70H89N13O22S2/c1-37(67(101)83(73-28-6-7-32-107-3)36-55(88)81-30-9-12-50(81)63(97)77-47(22-25-57(91)92)62(96)76-46(61(71)95)21-24-56(89)90)74-66(100)60(38(2)84)79-65(99)51-13-10-31-82(51)68(102)48(23-26-58(93)94)78-64(98)49-11-8-29-80(49)54(87)14-4-5-27-72-70(106)75-39-15-18-42(69(103)104)45(33-39)59-43-19-16-40(85)34-52(43)105-53-35-41(86)17-20-44(53)59/h15-20,28,33-35,37-38,46-51,60,84-85H,4-14,21-27,29-32,36H2,1-3H3,(H2,71,95)(H,74,100)(H,76,96)(H,77,97)(H,78,98)(H,79,99)(H,89,90)(H,91,92)(H,93,94)(H,103,104)(H2,72,75,106)/b73-28+/t37-,38-,46-,47-,48-,49-,50-,51-,60-/m1/s1. The van der Waals surface area contributed by atoms with E-state index in [4.69, 9.17) is 27.5 Å². The molecule has 0 unspecified atom stereocenters. The number of aromatic hydroxyl groups is 1. The number of thioether (sulfide) groups is 1. The molecule has 35 nitrogen and oxygen atoms in total. The van der Waals surface area contributed by atoms with Crippen LogP contribution < -0.4 is 48.4 Å². The van der Waals surface area contributed by atoms with Crippen molar-refractivity contribution in [1.29, 1.82) is 0 Å². The number of thiocarbonyl (C=S) groups is 1. The fraction of sp³-hybridized carbons (Fsp3) is 0.500. The zero-order valence-electron chi connectivity index (χ0n) is 59.1. The highest BCUT2D eigenvalue weighted by Gasteiger charge is 2.43. The van der Waals surface area contributed by atoms with Gasteiger partial charge in [-0.25, -0.2) is 9.80 Å². The van der Waals surface area contributed by atoms with Crippen molar-refractivity contribution in [2.45, 2.75) is 177 Å². The molecule has 15 N–H and O–H groups in total. The number of benzene rings is 3. The van der Waals surface area contributed by atoms with Crippen molar-refractivity contribution < 1.29 is 102 Å². The third-order valence-electron chi connectivity index (χ3n) is 18.2. The molecule has 3 fully saturated rings. The molecule has 1 aliphatic carbocycles. The number of aliphatic carboxylic acids is 3. The first kappa shape index (κ1) is 83.5. The lowest BCUT2D eigenvalue weighted by molar-refractivity contribution is -0.146. The van der Waals surface area contributed by atoms with Gasteiger partial charge in [0.15, 0.2) is 10.5 Å². The summed E-state index contributed by atoms with van der Waals surface area (Å²) in [6.07, 6.45) is 1.42. The third kappa shape index (κ3) is 23.3. The molecule has 578 valence electrons. The van der Waals surface area contributed by atoms with Crippen LogP contribution >= 0.6 is 24.0 Å². The number of hydrogen-bond donors (Lipinski definition) is 14. The number of hydrazone groups is 1. The molecule has 10 amide bonds. The van der Waals surface area contributed by atoms with Crippen molar-refractivity contribution in [3.05, 3.63) is 70.4 Å². The number of aromatic carboxylic acids is 1. The largest absolute Gasteiger partial charge is 0.508 e. The van der Waals surface area contributed by atoms with Crippen molar-refractivity contribution in [2.75, 3.05) is 50.0 Å². The van der Waals surface area contributed by atoms with Crippen LogP contribution in [0.25, 0.3) is 33.4 Å². The molecule has 0 bridgehead atoms. The number of hydrogen-bond acceptors (Lipinski definition) is 21. The fourth-order valence-corrected chi connectivity index (χ4v) is 13.5. The van der Waals surface area contributed by atoms with Gasteiger partial charge in [0.2, 0.25) is 53.2 Å². The van der Waals surface area contributed by atoms with Crippen LogP contribution in [0, 0.1) is 0 Å². The second-order valence-corrected chi connectivity index (χ2v) is 27.5. The van der Waals surface area contributed by atoms with Crippen molar-refractivity contribution in [3.8, 4) is 28.2 Å². The molecule has 2 aromatic rings. The number of phenolic OH excluding ortho intramolecular Hbond substituents is 1. The Morgan fingerprint density at radius 3 is 1.87 bits per heavy atom. The summed E-state index contributed by atoms with van der Waals surface area (Å²) >= 11 is 7.12. The van der Waals surface area contributed by atoms with Gasteiger partial charge >= 0.3 is 23.9 Å². The van der Waals surface area contributed by atoms with E-state index < -0.39 is 177 Å². The average Bonchev–Trinajstić information content (AvgIpc) is 1.40. The number of carbonyl (C=O) groups is 14. The number of rotatable bonds is 38. The minimum Gasteiger partial charge on any atom is -0.508 e. The first-order valence-corrected chi connectivity index (χ1v) is 36.7. The molecule has 0 saturated carbocycles. The van der Waals surface area contributed by atoms with Gasteiger partial charge in [0.1, 0.15) is 72.0 Å². The van der Waals surface area contributed by atoms with E-state index in [9.17, 15) is 97.5 Å². The molecule has 107 heavy (non-hydrogen) atoms. The number of primary amides is 1. The van der Waals surface area contributed by atoms with Crippen LogP contribution in [0.4, 0.5) is 5.69 Å². The van der Waals surface area contributed by atoms with Gasteiger partial charge in [-0.05, 0) is 170 Å². The number of nitrogens with two attached hydrogens (primary N) is 1. The summed E-state index contributed by atoms with van der Waals surface area (Å²) in [5.41, 5.74) is 6.69. The maximum absolute atomic E-state index is 14.5. The highest BCUT2D eigenvalue weighted by Crippen LogP contribution is 2.43. The Morgan fingerprint density at radius 2 is 1.26 bits per heavy atom. The van der Waals surface area contributed by atoms with E-state index in [1.165, 1.54) is 67.4 Å². The highest BCUT2D eigenvalue weighted by atomic mass is 32.2. The molecule has 4 heterocycles. The van der Waals surface area contributed by atoms with Gasteiger partial charge in [-0.1, -0.05) is 0 Å². The molecule has 4 aliphatic heterocycles. The van der Waals surface area contributed by atoms with Crippen LogP contribution in [0.2, 0.25) is 0 Å². The minimum absolute atomic E-state index is 0.00514. The number of fused-ring (bicyclic) bond motifs is 2. The quantitative estimate of drug-likeness (QED) is 0.00987. The second-order valence-electron chi connectivity index (χ2n) is 26.1. The van der Waals surface area contributed by atoms with Gasteiger partial charge in [0.05, 0.1) is 11.7 Å². The lowest BCUT2D eigenvalue weighted by Crippen LogP contribution is -2.60. The molecule has 3 saturated heterocycles. The van der Waals surface area contributed by atoms with Crippen LogP contribution in [0.15, 0.2) is 68.9 Å². The van der Waals surface area contributed by atoms with Gasteiger partial charge in [0, 0.05) is 92.4 Å². The first-order valence-electron chi connectivity index (χ1n) is 34.9. The van der Waals surface area contributed by atoms with E-state index in [0.717, 1.165) is 14.8 Å². The zero-order valence-corrected chi connectivity index (χ0v) is 60.7. The Morgan fingerprint density at radius 1 is 0.673 bits per heavy atom. The Kier molecular flexibility index (Phi) is 30.8. The first-order chi connectivity index (χ1) is 50.9. The normalized spacial score (nSPS) is 17.2. The van der Waals surface area contributed by atoms with Crippen molar-refractivity contribution in [3.63, 3.8) is 0 Å². The molecular weight excluding hydrogens is 1440 g/mol. The van der Waals surface area contributed by atoms with Gasteiger partial charge in [-0.2, -0.15) is 16.9 Å². The van der Waals surface area contributed by atoms with E-state index in [-0.39, 0.29) is 109 Å². The highest BCUT2D eigenvalue weighted by molar-refractivity contribution is 7.98. The Balaban J connectivity index is 0.934. The van der Waals surface area contributed by atoms with Crippen molar-refractivity contribution >= 4 is 135 Å². The summed E-state index contributed by atoms with van der Waals surface area (Å²) in [7, 11) is 0. The average molecular weight is 1530 g/mol. The van der Waals surface area contributed by atoms with E-state index >= 15 is 0 Å². The maximum Gasteiger partial charge on any atom is 0.336 e. The summed E-state index contributed by atoms with van der Waals surface area (Å²) in [6.45, 7) is 2.03. The van der Waals surface area contributed by atoms with E-state index in [0.29, 0.717) is 60.1 Å². The molecule has 7 rings (SSSR count). The topological polar surface area (TPSA) is 526 Å². The lowest BCUT2D eigenvalue weighted by atomic mass is 9.90. The number of likely N-dealkylation sites (tertiary alicyclic amines) is 3. The Hall–Kier alpha value is -10.8. The predicted molar refractivity (Wildman–Crippen MR) is 390 cm³/mol. The van der Waals surface area contributed by atoms with Crippen LogP contribution in [0.1, 0.15) is 133 Å². The van der Waals surface area contributed by atoms with Crippen LogP contribution in [0.3, 0.4) is 0 Å². The molecule has 0 radical (unpaired) electrons. The van der Waals surface area contributed by atoms with Gasteiger partial charge in [0.25, 0.3) is 5.91 Å². The Bertz CT molecular complexity index is 4080. The number of nitrogens with zero attached hydrogens (tertiary/aromatic N) is 5. The molecule has 0 spiro atoms. The summed E-state index contributed by atoms with van der Waals surface area (Å²) < 4.78 is 5.94. The lowest BCUT2D eigenvalue weighted by Gasteiger charge is -2.32. The molecule has 9 atom stereocenters. The van der Waals surface area contributed by atoms with Crippen molar-refractivity contribution in [1.82, 2.24) is 51.6 Å². The maximum atomic E-state index is 14.5. The number of nitrogens with one attached hydrogen (secondary N) is 7. The minimum atomic E-state index is -1.78. The molecule has 0 aromatic heterocycles. The number of carboxylic acid groups (broad SMARTS) is 4. The van der Waals surface area contributed by atoms with E-state index in [1.807, 2.05) is 6.26 Å².